The third kappa shape index (κ3) is 4.08. The van der Waals surface area contributed by atoms with Crippen molar-refractivity contribution in [1.82, 2.24) is 29.4 Å². The molecule has 1 aliphatic heterocycles. The first kappa shape index (κ1) is 20.2. The summed E-state index contributed by atoms with van der Waals surface area (Å²) in [4.78, 5) is 21.9. The van der Waals surface area contributed by atoms with Crippen LogP contribution in [0.4, 0.5) is 5.82 Å². The molecule has 0 aliphatic carbocycles. The summed E-state index contributed by atoms with van der Waals surface area (Å²) in [6.45, 7) is 2.08. The van der Waals surface area contributed by atoms with Crippen LogP contribution in [0.15, 0.2) is 49.1 Å². The zero-order valence-electron chi connectivity index (χ0n) is 17.3. The molecule has 1 fully saturated rings. The van der Waals surface area contributed by atoms with Gasteiger partial charge in [0.2, 0.25) is 0 Å². The molecule has 5 heterocycles. The van der Waals surface area contributed by atoms with Gasteiger partial charge in [0.15, 0.2) is 0 Å². The van der Waals surface area contributed by atoms with E-state index in [1.54, 1.807) is 33.9 Å². The molecule has 0 saturated carbocycles. The summed E-state index contributed by atoms with van der Waals surface area (Å²) < 4.78 is 6.18. The summed E-state index contributed by atoms with van der Waals surface area (Å²) >= 11 is -0.149. The van der Waals surface area contributed by atoms with Crippen LogP contribution in [-0.2, 0) is 6.42 Å². The molecule has 5 rings (SSSR count). The van der Waals surface area contributed by atoms with Crippen LogP contribution in [0.3, 0.4) is 0 Å². The molecule has 9 heteroatoms. The molecule has 1 aliphatic rings. The van der Waals surface area contributed by atoms with Gasteiger partial charge in [0, 0.05) is 0 Å². The van der Waals surface area contributed by atoms with Crippen molar-refractivity contribution in [2.24, 2.45) is 0 Å². The van der Waals surface area contributed by atoms with Crippen molar-refractivity contribution in [2.75, 3.05) is 5.32 Å². The molecule has 1 amide bonds. The van der Waals surface area contributed by atoms with E-state index >= 15 is 0 Å². The van der Waals surface area contributed by atoms with Crippen molar-refractivity contribution in [3.05, 3.63) is 66.0 Å². The van der Waals surface area contributed by atoms with Crippen molar-refractivity contribution >= 4 is 38.5 Å². The number of nitrogens with zero attached hydrogens (tertiary/aromatic N) is 6. The first-order valence-corrected chi connectivity index (χ1v) is 14.6. The van der Waals surface area contributed by atoms with Gasteiger partial charge in [-0.2, -0.15) is 0 Å². The van der Waals surface area contributed by atoms with Gasteiger partial charge in [-0.3, -0.25) is 0 Å². The van der Waals surface area contributed by atoms with Gasteiger partial charge in [0.05, 0.1) is 0 Å². The molecule has 0 aromatic carbocycles. The molecule has 31 heavy (non-hydrogen) atoms. The van der Waals surface area contributed by atoms with Crippen LogP contribution in [0.1, 0.15) is 47.4 Å². The maximum atomic E-state index is 13.1. The van der Waals surface area contributed by atoms with Gasteiger partial charge in [-0.05, 0) is 6.07 Å². The number of rotatable bonds is 5. The standard InChI is InChI=1S/C22H23N7O.Sn/c1-4-15(5-2)19-12-20(29(27-19)17-9-8-16(6-3)24-13-17)26-22(30)18-14-25-28-11-7-10-23-21(18)28;/h7-15H,1-2,4-6H2,3H3,(H,26,30);. The Labute approximate surface area is 190 Å². The predicted molar refractivity (Wildman–Crippen MR) is 119 cm³/mol. The Bertz CT molecular complexity index is 1210. The second kappa shape index (κ2) is 8.78. The quantitative estimate of drug-likeness (QED) is 0.407. The Morgan fingerprint density at radius 2 is 2.10 bits per heavy atom. The number of aryl methyl sites for hydroxylation is 1. The number of hydrogen-bond donors (Lipinski definition) is 1. The van der Waals surface area contributed by atoms with Crippen LogP contribution in [-0.4, -0.2) is 56.4 Å². The van der Waals surface area contributed by atoms with Crippen molar-refractivity contribution in [1.29, 1.82) is 0 Å². The Hall–Kier alpha value is -2.75. The molecule has 4 aromatic heterocycles. The summed E-state index contributed by atoms with van der Waals surface area (Å²) in [7, 11) is 0. The van der Waals surface area contributed by atoms with Gasteiger partial charge < -0.3 is 0 Å². The minimum absolute atomic E-state index is 0.149. The number of pyridine rings is 1. The fraction of sp³-hybridized carbons (Fsp3) is 0.318. The van der Waals surface area contributed by atoms with Crippen LogP contribution >= 0.6 is 0 Å². The first-order valence-electron chi connectivity index (χ1n) is 10.6. The Morgan fingerprint density at radius 1 is 1.23 bits per heavy atom. The normalized spacial score (nSPS) is 14.7. The maximum absolute atomic E-state index is 13.1. The Morgan fingerprint density at radius 3 is 2.87 bits per heavy atom. The summed E-state index contributed by atoms with van der Waals surface area (Å²) in [6, 6.07) is 7.81. The zero-order chi connectivity index (χ0) is 21.2. The number of hydrogen-bond acceptors (Lipinski definition) is 5. The molecule has 1 saturated heterocycles. The monoisotopic (exact) mass is 521 g/mol. The SMILES string of the molecule is CCc1ccc(-n2nc(C3C[CH2][Sn][CH2]C3)cc2NC(=O)c2cnn3cccnc23)cn1. The Balaban J connectivity index is 1.50. The van der Waals surface area contributed by atoms with Gasteiger partial charge in [0.25, 0.3) is 0 Å². The fourth-order valence-electron chi connectivity index (χ4n) is 3.92. The number of nitrogens with one attached hydrogen (secondary N) is 1. The zero-order valence-corrected chi connectivity index (χ0v) is 20.2. The summed E-state index contributed by atoms with van der Waals surface area (Å²) in [5, 5.41) is 12.2. The van der Waals surface area contributed by atoms with Gasteiger partial charge in [0.1, 0.15) is 0 Å². The van der Waals surface area contributed by atoms with Crippen molar-refractivity contribution in [3.8, 4) is 5.69 Å². The first-order chi connectivity index (χ1) is 15.2. The average molecular weight is 520 g/mol. The second-order valence-electron chi connectivity index (χ2n) is 7.65. The minimum atomic E-state index is -0.253. The van der Waals surface area contributed by atoms with E-state index in [2.05, 4.69) is 27.3 Å². The topological polar surface area (TPSA) is 90.0 Å². The number of anilines is 1. The van der Waals surface area contributed by atoms with Gasteiger partial charge in [-0.1, -0.05) is 0 Å². The van der Waals surface area contributed by atoms with Crippen LogP contribution in [0.2, 0.25) is 8.87 Å². The van der Waals surface area contributed by atoms with Gasteiger partial charge in [-0.25, -0.2) is 0 Å². The molecule has 8 nitrogen and oxygen atoms in total. The molecule has 156 valence electrons. The summed E-state index contributed by atoms with van der Waals surface area (Å²) in [5.41, 5.74) is 3.87. The van der Waals surface area contributed by atoms with Crippen LogP contribution in [0, 0.1) is 0 Å². The molecule has 0 bridgehead atoms. The van der Waals surface area contributed by atoms with E-state index in [4.69, 9.17) is 5.10 Å². The van der Waals surface area contributed by atoms with E-state index < -0.39 is 0 Å². The number of carbonyl (C=O) groups is 1. The number of fused-ring (bicyclic) bond motifs is 1. The molecule has 4 aromatic rings. The van der Waals surface area contributed by atoms with Gasteiger partial charge in [-0.15, -0.1) is 0 Å². The molecule has 1 N–H and O–H groups in total. The third-order valence-electron chi connectivity index (χ3n) is 5.67. The molecule has 2 radical (unpaired) electrons. The molecule has 0 unspecified atom stereocenters. The molecule has 0 atom stereocenters. The van der Waals surface area contributed by atoms with Crippen molar-refractivity contribution in [3.63, 3.8) is 0 Å². The van der Waals surface area contributed by atoms with Crippen LogP contribution in [0.25, 0.3) is 11.3 Å². The molecule has 0 spiro atoms. The van der Waals surface area contributed by atoms with E-state index in [0.717, 1.165) is 23.5 Å². The van der Waals surface area contributed by atoms with E-state index in [9.17, 15) is 4.79 Å². The number of carbonyl (C=O) groups excluding carboxylic acids is 1. The predicted octanol–water partition coefficient (Wildman–Crippen LogP) is 3.54. The third-order valence-corrected chi connectivity index (χ3v) is 9.33. The fourth-order valence-corrected chi connectivity index (χ4v) is 7.79. The number of amides is 1. The van der Waals surface area contributed by atoms with Crippen molar-refractivity contribution < 1.29 is 4.79 Å². The average Bonchev–Trinajstić information content (AvgIpc) is 3.44. The van der Waals surface area contributed by atoms with E-state index in [1.807, 2.05) is 24.4 Å². The van der Waals surface area contributed by atoms with Crippen LogP contribution in [0.5, 0.6) is 0 Å². The van der Waals surface area contributed by atoms with Gasteiger partial charge >= 0.3 is 185 Å². The molecular formula is C22H23N7OSn. The summed E-state index contributed by atoms with van der Waals surface area (Å²) in [6.07, 6.45) is 10.1. The number of aromatic nitrogens is 6. The van der Waals surface area contributed by atoms with E-state index in [-0.39, 0.29) is 27.0 Å². The second-order valence-corrected chi connectivity index (χ2v) is 11.9. The van der Waals surface area contributed by atoms with Crippen LogP contribution < -0.4 is 5.32 Å². The van der Waals surface area contributed by atoms with E-state index in [1.165, 1.54) is 21.7 Å². The van der Waals surface area contributed by atoms with E-state index in [0.29, 0.717) is 22.9 Å². The summed E-state index contributed by atoms with van der Waals surface area (Å²) in [5.74, 6) is 0.859. The molecular weight excluding hydrogens is 497 g/mol. The van der Waals surface area contributed by atoms with Crippen molar-refractivity contribution in [2.45, 2.75) is 41.0 Å². The Kier molecular flexibility index (Phi) is 5.71.